The Morgan fingerprint density at radius 2 is 1.05 bits per heavy atom. The van der Waals surface area contributed by atoms with Crippen molar-refractivity contribution in [2.24, 2.45) is 0 Å². The fourth-order valence-corrected chi connectivity index (χ4v) is 3.46. The fourth-order valence-electron chi connectivity index (χ4n) is 3.46. The van der Waals surface area contributed by atoms with E-state index in [4.69, 9.17) is 0 Å². The molecule has 2 aliphatic heterocycles. The molecule has 4 nitrogen and oxygen atoms in total. The molecule has 4 rings (SSSR count). The molecule has 2 fully saturated rings. The maximum absolute atomic E-state index is 4.54. The highest BCUT2D eigenvalue weighted by molar-refractivity contribution is 5.65. The summed E-state index contributed by atoms with van der Waals surface area (Å²) >= 11 is 0. The zero-order valence-corrected chi connectivity index (χ0v) is 12.9. The van der Waals surface area contributed by atoms with Gasteiger partial charge in [0.05, 0.1) is 11.4 Å². The molecule has 0 atom stereocenters. The van der Waals surface area contributed by atoms with Gasteiger partial charge in [0.15, 0.2) is 0 Å². The predicted octanol–water partition coefficient (Wildman–Crippen LogP) is 3.34. The van der Waals surface area contributed by atoms with Crippen molar-refractivity contribution in [3.8, 4) is 11.4 Å². The van der Waals surface area contributed by atoms with Crippen LogP contribution in [0.4, 0.5) is 11.4 Å². The van der Waals surface area contributed by atoms with Gasteiger partial charge < -0.3 is 9.80 Å². The molecule has 0 N–H and O–H groups in total. The van der Waals surface area contributed by atoms with Crippen LogP contribution in [-0.4, -0.2) is 36.1 Å². The van der Waals surface area contributed by atoms with E-state index in [0.717, 1.165) is 37.6 Å². The zero-order chi connectivity index (χ0) is 14.8. The third-order valence-electron chi connectivity index (χ3n) is 4.69. The van der Waals surface area contributed by atoms with Crippen molar-refractivity contribution in [3.63, 3.8) is 0 Å². The van der Waals surface area contributed by atoms with Crippen molar-refractivity contribution in [1.29, 1.82) is 0 Å². The monoisotopic (exact) mass is 294 g/mol. The summed E-state index contributed by atoms with van der Waals surface area (Å²) < 4.78 is 0. The summed E-state index contributed by atoms with van der Waals surface area (Å²) in [4.78, 5) is 14.0. The van der Waals surface area contributed by atoms with E-state index in [9.17, 15) is 0 Å². The van der Waals surface area contributed by atoms with Crippen LogP contribution in [0.5, 0.6) is 0 Å². The summed E-state index contributed by atoms with van der Waals surface area (Å²) in [6, 6.07) is 8.58. The standard InChI is InChI=1S/C18H22N4/c1-2-10-21(9-1)15-5-7-19-17(13-15)18-14-16(6-8-20-18)22-11-3-4-12-22/h5-8,13-14H,1-4,9-12H2. The second kappa shape index (κ2) is 5.95. The lowest BCUT2D eigenvalue weighted by Gasteiger charge is -2.19. The Morgan fingerprint density at radius 3 is 1.45 bits per heavy atom. The molecule has 4 heteroatoms. The van der Waals surface area contributed by atoms with Gasteiger partial charge in [-0.1, -0.05) is 0 Å². The molecule has 2 aromatic rings. The summed E-state index contributed by atoms with van der Waals surface area (Å²) in [7, 11) is 0. The highest BCUT2D eigenvalue weighted by atomic mass is 15.1. The normalized spacial score (nSPS) is 18.2. The number of aromatic nitrogens is 2. The third-order valence-corrected chi connectivity index (χ3v) is 4.69. The molecule has 2 aliphatic rings. The molecule has 0 amide bonds. The Morgan fingerprint density at radius 1 is 0.636 bits per heavy atom. The van der Waals surface area contributed by atoms with Gasteiger partial charge in [0.2, 0.25) is 0 Å². The molecule has 2 saturated heterocycles. The van der Waals surface area contributed by atoms with E-state index in [1.165, 1.54) is 37.1 Å². The lowest BCUT2D eigenvalue weighted by atomic mass is 10.2. The molecule has 114 valence electrons. The number of rotatable bonds is 3. The molecule has 0 aliphatic carbocycles. The van der Waals surface area contributed by atoms with Gasteiger partial charge in [0.1, 0.15) is 0 Å². The second-order valence-electron chi connectivity index (χ2n) is 6.19. The minimum Gasteiger partial charge on any atom is -0.371 e. The minimum absolute atomic E-state index is 0.977. The van der Waals surface area contributed by atoms with Crippen LogP contribution in [0, 0.1) is 0 Å². The summed E-state index contributed by atoms with van der Waals surface area (Å²) in [6.45, 7) is 4.63. The number of hydrogen-bond donors (Lipinski definition) is 0. The Hall–Kier alpha value is -2.10. The van der Waals surface area contributed by atoms with E-state index in [1.54, 1.807) is 0 Å². The van der Waals surface area contributed by atoms with Gasteiger partial charge in [-0.25, -0.2) is 0 Å². The van der Waals surface area contributed by atoms with E-state index in [1.807, 2.05) is 12.4 Å². The quantitative estimate of drug-likeness (QED) is 0.869. The fraction of sp³-hybridized carbons (Fsp3) is 0.444. The van der Waals surface area contributed by atoms with Crippen molar-refractivity contribution >= 4 is 11.4 Å². The van der Waals surface area contributed by atoms with Crippen LogP contribution < -0.4 is 9.80 Å². The molecule has 0 spiro atoms. The molecule has 0 radical (unpaired) electrons. The topological polar surface area (TPSA) is 32.3 Å². The smallest absolute Gasteiger partial charge is 0.0907 e. The van der Waals surface area contributed by atoms with Crippen LogP contribution in [0.15, 0.2) is 36.7 Å². The van der Waals surface area contributed by atoms with E-state index in [-0.39, 0.29) is 0 Å². The summed E-state index contributed by atoms with van der Waals surface area (Å²) in [5.41, 5.74) is 4.50. The lowest BCUT2D eigenvalue weighted by molar-refractivity contribution is 0.949. The highest BCUT2D eigenvalue weighted by Crippen LogP contribution is 2.27. The minimum atomic E-state index is 0.977. The third kappa shape index (κ3) is 2.65. The molecular formula is C18H22N4. The van der Waals surface area contributed by atoms with E-state index in [2.05, 4.69) is 44.0 Å². The van der Waals surface area contributed by atoms with Crippen LogP contribution >= 0.6 is 0 Å². The highest BCUT2D eigenvalue weighted by Gasteiger charge is 2.15. The van der Waals surface area contributed by atoms with Gasteiger partial charge in [-0.05, 0) is 49.9 Å². The Bertz CT molecular complexity index is 586. The van der Waals surface area contributed by atoms with Crippen LogP contribution in [-0.2, 0) is 0 Å². The van der Waals surface area contributed by atoms with Gasteiger partial charge in [-0.3, -0.25) is 9.97 Å². The van der Waals surface area contributed by atoms with Gasteiger partial charge in [0, 0.05) is 49.9 Å². The van der Waals surface area contributed by atoms with Gasteiger partial charge in [-0.2, -0.15) is 0 Å². The van der Waals surface area contributed by atoms with Crippen LogP contribution in [0.3, 0.4) is 0 Å². The van der Waals surface area contributed by atoms with Crippen LogP contribution in [0.1, 0.15) is 25.7 Å². The molecule has 0 saturated carbocycles. The first kappa shape index (κ1) is 13.6. The van der Waals surface area contributed by atoms with Crippen molar-refractivity contribution in [1.82, 2.24) is 9.97 Å². The number of hydrogen-bond acceptors (Lipinski definition) is 4. The first-order valence-electron chi connectivity index (χ1n) is 8.32. The summed E-state index contributed by atoms with van der Waals surface area (Å²) in [5.74, 6) is 0. The van der Waals surface area contributed by atoms with Gasteiger partial charge in [-0.15, -0.1) is 0 Å². The molecule has 0 aromatic carbocycles. The number of pyridine rings is 2. The van der Waals surface area contributed by atoms with E-state index < -0.39 is 0 Å². The molecule has 22 heavy (non-hydrogen) atoms. The number of nitrogens with zero attached hydrogens (tertiary/aromatic N) is 4. The zero-order valence-electron chi connectivity index (χ0n) is 12.9. The lowest BCUT2D eigenvalue weighted by Crippen LogP contribution is -2.18. The van der Waals surface area contributed by atoms with Crippen molar-refractivity contribution < 1.29 is 0 Å². The maximum atomic E-state index is 4.54. The number of anilines is 2. The first-order chi connectivity index (χ1) is 10.9. The molecular weight excluding hydrogens is 272 g/mol. The molecule has 4 heterocycles. The van der Waals surface area contributed by atoms with Crippen molar-refractivity contribution in [2.75, 3.05) is 36.0 Å². The SMILES string of the molecule is c1cc(N2CCCC2)cc(-c2cc(N3CCCC3)ccn2)n1. The van der Waals surface area contributed by atoms with Gasteiger partial charge >= 0.3 is 0 Å². The first-order valence-corrected chi connectivity index (χ1v) is 8.32. The largest absolute Gasteiger partial charge is 0.371 e. The molecule has 0 unspecified atom stereocenters. The summed E-state index contributed by atoms with van der Waals surface area (Å²) in [6.07, 6.45) is 8.99. The van der Waals surface area contributed by atoms with E-state index in [0.29, 0.717) is 0 Å². The Labute approximate surface area is 131 Å². The van der Waals surface area contributed by atoms with E-state index >= 15 is 0 Å². The average Bonchev–Trinajstić information content (AvgIpc) is 3.29. The Kier molecular flexibility index (Phi) is 3.67. The molecule has 0 bridgehead atoms. The van der Waals surface area contributed by atoms with Crippen LogP contribution in [0.2, 0.25) is 0 Å². The van der Waals surface area contributed by atoms with Crippen molar-refractivity contribution in [2.45, 2.75) is 25.7 Å². The van der Waals surface area contributed by atoms with Crippen molar-refractivity contribution in [3.05, 3.63) is 36.7 Å². The van der Waals surface area contributed by atoms with Crippen LogP contribution in [0.25, 0.3) is 11.4 Å². The maximum Gasteiger partial charge on any atom is 0.0907 e. The second-order valence-corrected chi connectivity index (χ2v) is 6.19. The molecule has 2 aromatic heterocycles. The average molecular weight is 294 g/mol. The summed E-state index contributed by atoms with van der Waals surface area (Å²) in [5, 5.41) is 0. The Balaban J connectivity index is 1.63. The van der Waals surface area contributed by atoms with Gasteiger partial charge in [0.25, 0.3) is 0 Å². The predicted molar refractivity (Wildman–Crippen MR) is 90.4 cm³/mol.